The topological polar surface area (TPSA) is 28.7 Å². The molecule has 98 valence electrons. The minimum atomic E-state index is 0.590. The molecule has 3 rings (SSSR count). The van der Waals surface area contributed by atoms with Crippen molar-refractivity contribution < 1.29 is 0 Å². The first-order chi connectivity index (χ1) is 9.69. The maximum Gasteiger partial charge on any atom is 0.0992 e. The van der Waals surface area contributed by atoms with Crippen molar-refractivity contribution in [2.75, 3.05) is 0 Å². The molecule has 3 heteroatoms. The van der Waals surface area contributed by atoms with E-state index >= 15 is 0 Å². The number of nitriles is 1. The Morgan fingerprint density at radius 3 is 2.80 bits per heavy atom. The molecule has 1 heterocycles. The molecule has 1 aromatic heterocycles. The normalized spacial score (nSPS) is 10.7. The summed E-state index contributed by atoms with van der Waals surface area (Å²) in [7, 11) is 0. The summed E-state index contributed by atoms with van der Waals surface area (Å²) in [5.41, 5.74) is 4.08. The largest absolute Gasteiger partial charge is 0.343 e. The van der Waals surface area contributed by atoms with Crippen LogP contribution < -0.4 is 0 Å². The molecular weight excluding hydrogens is 268 g/mol. The van der Waals surface area contributed by atoms with E-state index in [1.807, 2.05) is 6.07 Å². The number of nitrogens with zero attached hydrogens (tertiary/aromatic N) is 2. The lowest BCUT2D eigenvalue weighted by Gasteiger charge is -2.08. The summed E-state index contributed by atoms with van der Waals surface area (Å²) in [6.07, 6.45) is 2.08. The van der Waals surface area contributed by atoms with Crippen molar-refractivity contribution in [2.45, 2.75) is 13.5 Å². The van der Waals surface area contributed by atoms with Gasteiger partial charge in [-0.05, 0) is 42.3 Å². The lowest BCUT2D eigenvalue weighted by atomic mass is 10.1. The smallest absolute Gasteiger partial charge is 0.0992 e. The van der Waals surface area contributed by atoms with Crippen molar-refractivity contribution in [1.82, 2.24) is 4.57 Å². The Balaban J connectivity index is 2.02. The summed E-state index contributed by atoms with van der Waals surface area (Å²) in [5.74, 6) is 0. The fourth-order valence-corrected chi connectivity index (χ4v) is 2.68. The SMILES string of the molecule is Cc1cccc2c1ccn2Cc1ccc(C#N)cc1Cl. The molecule has 3 aromatic rings. The van der Waals surface area contributed by atoms with Crippen molar-refractivity contribution in [3.05, 3.63) is 70.4 Å². The van der Waals surface area contributed by atoms with Crippen LogP contribution in [0.2, 0.25) is 5.02 Å². The third-order valence-corrected chi connectivity index (χ3v) is 3.91. The van der Waals surface area contributed by atoms with Gasteiger partial charge in [-0.1, -0.05) is 29.8 Å². The molecule has 0 aliphatic heterocycles. The summed E-state index contributed by atoms with van der Waals surface area (Å²) in [5, 5.41) is 10.8. The number of benzene rings is 2. The van der Waals surface area contributed by atoms with E-state index in [9.17, 15) is 0 Å². The molecule has 0 spiro atoms. The van der Waals surface area contributed by atoms with Crippen LogP contribution in [0.15, 0.2) is 48.7 Å². The van der Waals surface area contributed by atoms with E-state index in [4.69, 9.17) is 16.9 Å². The average Bonchev–Trinajstić information content (AvgIpc) is 2.86. The molecule has 0 atom stereocenters. The molecule has 0 aliphatic rings. The van der Waals surface area contributed by atoms with Gasteiger partial charge in [-0.25, -0.2) is 0 Å². The second-order valence-corrected chi connectivity index (χ2v) is 5.28. The van der Waals surface area contributed by atoms with E-state index in [1.54, 1.807) is 12.1 Å². The molecule has 0 radical (unpaired) electrons. The van der Waals surface area contributed by atoms with Gasteiger partial charge in [0, 0.05) is 28.7 Å². The number of fused-ring (bicyclic) bond motifs is 1. The standard InChI is InChI=1S/C17H13ClN2/c1-12-3-2-4-17-15(12)7-8-20(17)11-14-6-5-13(10-19)9-16(14)18/h2-9H,11H2,1H3. The molecule has 20 heavy (non-hydrogen) atoms. The molecule has 0 amide bonds. The maximum atomic E-state index is 8.87. The zero-order chi connectivity index (χ0) is 14.1. The first-order valence-electron chi connectivity index (χ1n) is 6.42. The van der Waals surface area contributed by atoms with Gasteiger partial charge in [0.2, 0.25) is 0 Å². The predicted octanol–water partition coefficient (Wildman–Crippen LogP) is 4.52. The van der Waals surface area contributed by atoms with Crippen LogP contribution in [0.4, 0.5) is 0 Å². The van der Waals surface area contributed by atoms with Gasteiger partial charge in [0.05, 0.1) is 11.6 Å². The van der Waals surface area contributed by atoms with Crippen LogP contribution in [0, 0.1) is 18.3 Å². The van der Waals surface area contributed by atoms with E-state index in [0.717, 1.165) is 5.56 Å². The molecule has 0 fully saturated rings. The summed E-state index contributed by atoms with van der Waals surface area (Å²) in [6, 6.07) is 16.0. The molecule has 0 saturated carbocycles. The van der Waals surface area contributed by atoms with Gasteiger partial charge in [0.1, 0.15) is 0 Å². The Bertz CT molecular complexity index is 825. The molecule has 0 unspecified atom stereocenters. The van der Waals surface area contributed by atoms with Gasteiger partial charge >= 0.3 is 0 Å². The van der Waals surface area contributed by atoms with Crippen molar-refractivity contribution in [2.24, 2.45) is 0 Å². The third-order valence-electron chi connectivity index (χ3n) is 3.55. The number of hydrogen-bond donors (Lipinski definition) is 0. The first-order valence-corrected chi connectivity index (χ1v) is 6.80. The fraction of sp³-hybridized carbons (Fsp3) is 0.118. The van der Waals surface area contributed by atoms with Crippen LogP contribution >= 0.6 is 11.6 Å². The number of halogens is 1. The Morgan fingerprint density at radius 1 is 1.20 bits per heavy atom. The van der Waals surface area contributed by atoms with Gasteiger partial charge in [-0.15, -0.1) is 0 Å². The highest BCUT2D eigenvalue weighted by Crippen LogP contribution is 2.23. The fourth-order valence-electron chi connectivity index (χ4n) is 2.44. The van der Waals surface area contributed by atoms with Crippen molar-refractivity contribution in [1.29, 1.82) is 5.26 Å². The molecule has 0 N–H and O–H groups in total. The summed E-state index contributed by atoms with van der Waals surface area (Å²) >= 11 is 6.24. The Kier molecular flexibility index (Phi) is 3.22. The van der Waals surface area contributed by atoms with E-state index in [-0.39, 0.29) is 0 Å². The molecular formula is C17H13ClN2. The second kappa shape index (κ2) is 5.03. The highest BCUT2D eigenvalue weighted by Gasteiger charge is 2.06. The summed E-state index contributed by atoms with van der Waals surface area (Å²) in [6.45, 7) is 2.82. The van der Waals surface area contributed by atoms with Crippen molar-refractivity contribution >= 4 is 22.5 Å². The minimum Gasteiger partial charge on any atom is -0.343 e. The zero-order valence-electron chi connectivity index (χ0n) is 11.1. The van der Waals surface area contributed by atoms with E-state index in [0.29, 0.717) is 17.1 Å². The number of hydrogen-bond acceptors (Lipinski definition) is 1. The van der Waals surface area contributed by atoms with Crippen LogP contribution in [0.25, 0.3) is 10.9 Å². The van der Waals surface area contributed by atoms with Gasteiger partial charge < -0.3 is 4.57 Å². The van der Waals surface area contributed by atoms with Crippen LogP contribution in [-0.4, -0.2) is 4.57 Å². The van der Waals surface area contributed by atoms with Gasteiger partial charge in [-0.3, -0.25) is 0 Å². The zero-order valence-corrected chi connectivity index (χ0v) is 11.9. The Morgan fingerprint density at radius 2 is 2.05 bits per heavy atom. The number of aryl methyl sites for hydroxylation is 1. The molecule has 0 aliphatic carbocycles. The maximum absolute atomic E-state index is 8.87. The Hall–Kier alpha value is -2.24. The van der Waals surface area contributed by atoms with Gasteiger partial charge in [-0.2, -0.15) is 5.26 Å². The number of rotatable bonds is 2. The first kappa shape index (κ1) is 12.8. The second-order valence-electron chi connectivity index (χ2n) is 4.87. The molecule has 0 bridgehead atoms. The van der Waals surface area contributed by atoms with E-state index in [1.165, 1.54) is 16.5 Å². The Labute approximate surface area is 122 Å². The van der Waals surface area contributed by atoms with Crippen molar-refractivity contribution in [3.8, 4) is 6.07 Å². The summed E-state index contributed by atoms with van der Waals surface area (Å²) in [4.78, 5) is 0. The van der Waals surface area contributed by atoms with E-state index in [2.05, 4.69) is 48.0 Å². The molecule has 0 saturated heterocycles. The predicted molar refractivity (Wildman–Crippen MR) is 81.9 cm³/mol. The lowest BCUT2D eigenvalue weighted by molar-refractivity contribution is 0.837. The minimum absolute atomic E-state index is 0.590. The quantitative estimate of drug-likeness (QED) is 0.678. The highest BCUT2D eigenvalue weighted by atomic mass is 35.5. The van der Waals surface area contributed by atoms with Crippen LogP contribution in [0.1, 0.15) is 16.7 Å². The van der Waals surface area contributed by atoms with Gasteiger partial charge in [0.25, 0.3) is 0 Å². The number of aromatic nitrogens is 1. The average molecular weight is 281 g/mol. The highest BCUT2D eigenvalue weighted by molar-refractivity contribution is 6.31. The van der Waals surface area contributed by atoms with Crippen LogP contribution in [0.3, 0.4) is 0 Å². The van der Waals surface area contributed by atoms with Gasteiger partial charge in [0.15, 0.2) is 0 Å². The van der Waals surface area contributed by atoms with E-state index < -0.39 is 0 Å². The monoisotopic (exact) mass is 280 g/mol. The molecule has 2 aromatic carbocycles. The van der Waals surface area contributed by atoms with Crippen molar-refractivity contribution in [3.63, 3.8) is 0 Å². The summed E-state index contributed by atoms with van der Waals surface area (Å²) < 4.78 is 2.18. The molecule has 2 nitrogen and oxygen atoms in total. The van der Waals surface area contributed by atoms with Crippen LogP contribution in [-0.2, 0) is 6.54 Å². The van der Waals surface area contributed by atoms with Crippen LogP contribution in [0.5, 0.6) is 0 Å². The third kappa shape index (κ3) is 2.17. The lowest BCUT2D eigenvalue weighted by Crippen LogP contribution is -1.99.